The van der Waals surface area contributed by atoms with Crippen LogP contribution < -0.4 is 11.1 Å². The molecule has 0 amide bonds. The van der Waals surface area contributed by atoms with Gasteiger partial charge in [-0.25, -0.2) is 0 Å². The number of hydrogen-bond acceptors (Lipinski definition) is 2. The minimum Gasteiger partial charge on any atom is -0.399 e. The molecule has 0 saturated carbocycles. The Hall–Kier alpha value is -1.44. The van der Waals surface area contributed by atoms with Gasteiger partial charge < -0.3 is 11.1 Å². The van der Waals surface area contributed by atoms with Crippen LogP contribution in [0.5, 0.6) is 0 Å². The molecule has 0 saturated heterocycles. The molecule has 0 aromatic heterocycles. The molecule has 6 heteroatoms. The highest BCUT2D eigenvalue weighted by atomic mass is 127. The van der Waals surface area contributed by atoms with E-state index in [1.807, 2.05) is 0 Å². The lowest BCUT2D eigenvalue weighted by Gasteiger charge is -2.12. The van der Waals surface area contributed by atoms with Gasteiger partial charge in [0.05, 0.1) is 11.3 Å². The molecule has 0 unspecified atom stereocenters. The van der Waals surface area contributed by atoms with Gasteiger partial charge >= 0.3 is 6.18 Å². The SMILES string of the molecule is Nc1ccc(Nc2cccc(C(F)(F)F)c2)c(I)c1. The molecule has 0 heterocycles. The summed E-state index contributed by atoms with van der Waals surface area (Å²) in [5, 5.41) is 2.95. The Morgan fingerprint density at radius 2 is 1.79 bits per heavy atom. The summed E-state index contributed by atoms with van der Waals surface area (Å²) < 4.78 is 38.6. The van der Waals surface area contributed by atoms with Crippen LogP contribution in [0.4, 0.5) is 30.2 Å². The first-order valence-electron chi connectivity index (χ1n) is 5.35. The fourth-order valence-electron chi connectivity index (χ4n) is 1.56. The highest BCUT2D eigenvalue weighted by Gasteiger charge is 2.30. The van der Waals surface area contributed by atoms with Crippen molar-refractivity contribution in [1.82, 2.24) is 0 Å². The van der Waals surface area contributed by atoms with Crippen LogP contribution in [0.3, 0.4) is 0 Å². The molecule has 0 atom stereocenters. The van der Waals surface area contributed by atoms with E-state index in [-0.39, 0.29) is 0 Å². The largest absolute Gasteiger partial charge is 0.416 e. The van der Waals surface area contributed by atoms with Crippen LogP contribution in [-0.2, 0) is 6.18 Å². The molecule has 2 rings (SSSR count). The monoisotopic (exact) mass is 378 g/mol. The van der Waals surface area contributed by atoms with E-state index in [1.54, 1.807) is 24.3 Å². The number of nitrogens with two attached hydrogens (primary N) is 1. The fourth-order valence-corrected chi connectivity index (χ4v) is 2.24. The molecular formula is C13H10F3IN2. The highest BCUT2D eigenvalue weighted by Crippen LogP contribution is 2.32. The zero-order chi connectivity index (χ0) is 14.0. The molecule has 2 aromatic rings. The average molecular weight is 378 g/mol. The third kappa shape index (κ3) is 3.52. The summed E-state index contributed by atoms with van der Waals surface area (Å²) in [5.74, 6) is 0. The number of alkyl halides is 3. The Kier molecular flexibility index (Phi) is 3.88. The Labute approximate surface area is 122 Å². The Morgan fingerprint density at radius 3 is 2.42 bits per heavy atom. The summed E-state index contributed by atoms with van der Waals surface area (Å²) >= 11 is 2.07. The molecule has 0 aliphatic heterocycles. The normalized spacial score (nSPS) is 11.4. The lowest BCUT2D eigenvalue weighted by molar-refractivity contribution is -0.137. The second-order valence-electron chi connectivity index (χ2n) is 3.94. The summed E-state index contributed by atoms with van der Waals surface area (Å²) in [4.78, 5) is 0. The predicted molar refractivity (Wildman–Crippen MR) is 78.3 cm³/mol. The van der Waals surface area contributed by atoms with Gasteiger partial charge in [-0.1, -0.05) is 6.07 Å². The van der Waals surface area contributed by atoms with Gasteiger partial charge in [0.1, 0.15) is 0 Å². The number of hydrogen-bond donors (Lipinski definition) is 2. The molecule has 0 aliphatic rings. The van der Waals surface area contributed by atoms with Gasteiger partial charge in [-0.3, -0.25) is 0 Å². The first-order valence-corrected chi connectivity index (χ1v) is 6.43. The number of nitrogens with one attached hydrogen (secondary N) is 1. The van der Waals surface area contributed by atoms with E-state index in [4.69, 9.17) is 5.73 Å². The Balaban J connectivity index is 2.29. The molecule has 100 valence electrons. The maximum absolute atomic E-state index is 12.6. The first-order chi connectivity index (χ1) is 8.86. The van der Waals surface area contributed by atoms with Crippen molar-refractivity contribution in [1.29, 1.82) is 0 Å². The van der Waals surface area contributed by atoms with E-state index in [1.165, 1.54) is 6.07 Å². The quantitative estimate of drug-likeness (QED) is 0.591. The molecule has 3 N–H and O–H groups in total. The second-order valence-corrected chi connectivity index (χ2v) is 5.11. The van der Waals surface area contributed by atoms with Gasteiger partial charge in [0, 0.05) is 14.9 Å². The lowest BCUT2D eigenvalue weighted by atomic mass is 10.2. The van der Waals surface area contributed by atoms with Gasteiger partial charge in [-0.2, -0.15) is 13.2 Å². The minimum atomic E-state index is -4.34. The van der Waals surface area contributed by atoms with Gasteiger partial charge in [0.2, 0.25) is 0 Å². The van der Waals surface area contributed by atoms with Crippen LogP contribution in [0.1, 0.15) is 5.56 Å². The summed E-state index contributed by atoms with van der Waals surface area (Å²) in [6, 6.07) is 10.2. The fraction of sp³-hybridized carbons (Fsp3) is 0.0769. The van der Waals surface area contributed by atoms with Gasteiger partial charge in [0.25, 0.3) is 0 Å². The van der Waals surface area contributed by atoms with Crippen molar-refractivity contribution in [2.24, 2.45) is 0 Å². The highest BCUT2D eigenvalue weighted by molar-refractivity contribution is 14.1. The predicted octanol–water partition coefficient (Wildman–Crippen LogP) is 4.64. The Morgan fingerprint density at radius 1 is 1.05 bits per heavy atom. The maximum atomic E-state index is 12.6. The van der Waals surface area contributed by atoms with Gasteiger partial charge in [-0.05, 0) is 59.0 Å². The molecular weight excluding hydrogens is 368 g/mol. The van der Waals surface area contributed by atoms with E-state index in [9.17, 15) is 13.2 Å². The van der Waals surface area contributed by atoms with Crippen molar-refractivity contribution in [2.45, 2.75) is 6.18 Å². The number of anilines is 3. The first kappa shape index (κ1) is 14.0. The van der Waals surface area contributed by atoms with Crippen LogP contribution in [-0.4, -0.2) is 0 Å². The molecule has 0 radical (unpaired) electrons. The second kappa shape index (κ2) is 5.28. The van der Waals surface area contributed by atoms with Crippen molar-refractivity contribution >= 4 is 39.7 Å². The van der Waals surface area contributed by atoms with E-state index >= 15 is 0 Å². The van der Waals surface area contributed by atoms with E-state index in [2.05, 4.69) is 27.9 Å². The number of benzene rings is 2. The minimum absolute atomic E-state index is 0.387. The lowest BCUT2D eigenvalue weighted by Crippen LogP contribution is -2.05. The summed E-state index contributed by atoms with van der Waals surface area (Å²) in [6.07, 6.45) is -4.34. The molecule has 2 aromatic carbocycles. The number of rotatable bonds is 2. The summed E-state index contributed by atoms with van der Waals surface area (Å²) in [6.45, 7) is 0. The topological polar surface area (TPSA) is 38.0 Å². The third-order valence-electron chi connectivity index (χ3n) is 2.46. The number of nitrogen functional groups attached to an aromatic ring is 1. The van der Waals surface area contributed by atoms with Crippen molar-refractivity contribution in [2.75, 3.05) is 11.1 Å². The standard InChI is InChI=1S/C13H10F3IN2/c14-13(15,16)8-2-1-3-10(6-8)19-12-5-4-9(18)7-11(12)17/h1-7,19H,18H2. The molecule has 0 bridgehead atoms. The molecule has 0 spiro atoms. The number of halogens is 4. The molecule has 19 heavy (non-hydrogen) atoms. The smallest absolute Gasteiger partial charge is 0.399 e. The van der Waals surface area contributed by atoms with Gasteiger partial charge in [-0.15, -0.1) is 0 Å². The zero-order valence-electron chi connectivity index (χ0n) is 9.63. The van der Waals surface area contributed by atoms with Crippen LogP contribution in [0.15, 0.2) is 42.5 Å². The van der Waals surface area contributed by atoms with Crippen molar-refractivity contribution in [3.05, 3.63) is 51.6 Å². The van der Waals surface area contributed by atoms with Crippen molar-refractivity contribution in [3.8, 4) is 0 Å². The Bertz CT molecular complexity index is 597. The zero-order valence-corrected chi connectivity index (χ0v) is 11.8. The van der Waals surface area contributed by atoms with Crippen LogP contribution >= 0.6 is 22.6 Å². The van der Waals surface area contributed by atoms with Crippen molar-refractivity contribution in [3.63, 3.8) is 0 Å². The van der Waals surface area contributed by atoms with E-state index < -0.39 is 11.7 Å². The van der Waals surface area contributed by atoms with Crippen LogP contribution in [0, 0.1) is 3.57 Å². The summed E-state index contributed by atoms with van der Waals surface area (Å²) in [5.41, 5.74) is 6.66. The van der Waals surface area contributed by atoms with Gasteiger partial charge in [0.15, 0.2) is 0 Å². The molecule has 0 fully saturated rings. The van der Waals surface area contributed by atoms with E-state index in [0.29, 0.717) is 17.1 Å². The van der Waals surface area contributed by atoms with Crippen LogP contribution in [0.2, 0.25) is 0 Å². The third-order valence-corrected chi connectivity index (χ3v) is 3.35. The molecule has 2 nitrogen and oxygen atoms in total. The maximum Gasteiger partial charge on any atom is 0.416 e. The summed E-state index contributed by atoms with van der Waals surface area (Å²) in [7, 11) is 0. The van der Waals surface area contributed by atoms with E-state index in [0.717, 1.165) is 15.7 Å². The molecule has 0 aliphatic carbocycles. The van der Waals surface area contributed by atoms with Crippen LogP contribution in [0.25, 0.3) is 0 Å². The van der Waals surface area contributed by atoms with Crippen molar-refractivity contribution < 1.29 is 13.2 Å². The average Bonchev–Trinajstić information content (AvgIpc) is 2.32.